The van der Waals surface area contributed by atoms with Crippen LogP contribution in [0.4, 0.5) is 0 Å². The van der Waals surface area contributed by atoms with Crippen molar-refractivity contribution in [2.45, 2.75) is 63.8 Å². The Labute approximate surface area is 140 Å². The smallest absolute Gasteiger partial charge is 0.220 e. The van der Waals surface area contributed by atoms with Crippen molar-refractivity contribution >= 4 is 18.3 Å². The normalized spacial score (nSPS) is 28.3. The van der Waals surface area contributed by atoms with E-state index in [1.807, 2.05) is 0 Å². The van der Waals surface area contributed by atoms with E-state index in [0.29, 0.717) is 23.8 Å². The highest BCUT2D eigenvalue weighted by molar-refractivity contribution is 5.85. The highest BCUT2D eigenvalue weighted by atomic mass is 35.5. The molecule has 1 amide bonds. The number of carbonyl (C=O) groups is 1. The van der Waals surface area contributed by atoms with Gasteiger partial charge < -0.3 is 15.4 Å². The average Bonchev–Trinajstić information content (AvgIpc) is 3.02. The van der Waals surface area contributed by atoms with Gasteiger partial charge in [-0.1, -0.05) is 0 Å². The summed E-state index contributed by atoms with van der Waals surface area (Å²) in [4.78, 5) is 12.1. The van der Waals surface area contributed by atoms with Crippen LogP contribution in [0.25, 0.3) is 0 Å². The summed E-state index contributed by atoms with van der Waals surface area (Å²) in [5, 5.41) is 6.64. The lowest BCUT2D eigenvalue weighted by atomic mass is 9.68. The van der Waals surface area contributed by atoms with Crippen molar-refractivity contribution in [2.24, 2.45) is 11.3 Å². The summed E-state index contributed by atoms with van der Waals surface area (Å²) < 4.78 is 5.49. The number of rotatable bonds is 4. The maximum Gasteiger partial charge on any atom is 0.220 e. The third-order valence-corrected chi connectivity index (χ3v) is 5.91. The van der Waals surface area contributed by atoms with E-state index in [1.165, 1.54) is 32.1 Å². The SMILES string of the molecule is Cl.O=C(CCC1CCNC1)NC1CCC2(CCOCC2)CC1. The number of hydrogen-bond acceptors (Lipinski definition) is 3. The van der Waals surface area contributed by atoms with E-state index in [0.717, 1.165) is 45.6 Å². The van der Waals surface area contributed by atoms with E-state index >= 15 is 0 Å². The summed E-state index contributed by atoms with van der Waals surface area (Å²) in [7, 11) is 0. The number of nitrogens with one attached hydrogen (secondary N) is 2. The molecule has 5 heteroatoms. The molecule has 3 fully saturated rings. The minimum absolute atomic E-state index is 0. The third-order valence-electron chi connectivity index (χ3n) is 5.91. The molecule has 2 heterocycles. The molecular weight excluding hydrogens is 300 g/mol. The molecular formula is C17H31ClN2O2. The van der Waals surface area contributed by atoms with Crippen molar-refractivity contribution in [1.82, 2.24) is 10.6 Å². The molecule has 3 rings (SSSR count). The molecule has 22 heavy (non-hydrogen) atoms. The van der Waals surface area contributed by atoms with E-state index in [4.69, 9.17) is 4.74 Å². The van der Waals surface area contributed by atoms with Crippen LogP contribution in [0.3, 0.4) is 0 Å². The fourth-order valence-electron chi connectivity index (χ4n) is 4.27. The molecule has 1 unspecified atom stereocenters. The van der Waals surface area contributed by atoms with Gasteiger partial charge in [-0.3, -0.25) is 4.79 Å². The Kier molecular flexibility index (Phi) is 6.97. The minimum atomic E-state index is 0. The monoisotopic (exact) mass is 330 g/mol. The fraction of sp³-hybridized carbons (Fsp3) is 0.941. The zero-order chi connectivity index (χ0) is 14.5. The first-order chi connectivity index (χ1) is 10.3. The lowest BCUT2D eigenvalue weighted by molar-refractivity contribution is -0.122. The van der Waals surface area contributed by atoms with Crippen molar-refractivity contribution in [3.05, 3.63) is 0 Å². The Morgan fingerprint density at radius 3 is 2.50 bits per heavy atom. The molecule has 0 aromatic heterocycles. The molecule has 3 aliphatic rings. The van der Waals surface area contributed by atoms with Crippen LogP contribution in [0, 0.1) is 11.3 Å². The summed E-state index contributed by atoms with van der Waals surface area (Å²) in [6.45, 7) is 4.10. The summed E-state index contributed by atoms with van der Waals surface area (Å²) >= 11 is 0. The minimum Gasteiger partial charge on any atom is -0.381 e. The second-order valence-corrected chi connectivity index (χ2v) is 7.35. The summed E-state index contributed by atoms with van der Waals surface area (Å²) in [6.07, 6.45) is 10.3. The van der Waals surface area contributed by atoms with Crippen LogP contribution in [-0.4, -0.2) is 38.3 Å². The maximum absolute atomic E-state index is 12.1. The zero-order valence-electron chi connectivity index (χ0n) is 13.6. The third kappa shape index (κ3) is 4.84. The molecule has 1 saturated carbocycles. The molecule has 2 N–H and O–H groups in total. The van der Waals surface area contributed by atoms with Crippen LogP contribution < -0.4 is 10.6 Å². The Morgan fingerprint density at radius 2 is 1.86 bits per heavy atom. The highest BCUT2D eigenvalue weighted by Gasteiger charge is 2.36. The van der Waals surface area contributed by atoms with Gasteiger partial charge in [0.15, 0.2) is 0 Å². The van der Waals surface area contributed by atoms with Gasteiger partial charge in [0.05, 0.1) is 0 Å². The molecule has 1 spiro atoms. The number of hydrogen-bond donors (Lipinski definition) is 2. The molecule has 0 bridgehead atoms. The van der Waals surface area contributed by atoms with Crippen LogP contribution in [0.1, 0.15) is 57.8 Å². The van der Waals surface area contributed by atoms with Crippen molar-refractivity contribution in [3.63, 3.8) is 0 Å². The number of ether oxygens (including phenoxy) is 1. The average molecular weight is 331 g/mol. The summed E-state index contributed by atoms with van der Waals surface area (Å²) in [5.41, 5.74) is 0.537. The molecule has 1 atom stereocenters. The summed E-state index contributed by atoms with van der Waals surface area (Å²) in [5.74, 6) is 0.988. The maximum atomic E-state index is 12.1. The highest BCUT2D eigenvalue weighted by Crippen LogP contribution is 2.44. The van der Waals surface area contributed by atoms with E-state index < -0.39 is 0 Å². The van der Waals surface area contributed by atoms with Crippen LogP contribution >= 0.6 is 12.4 Å². The van der Waals surface area contributed by atoms with Crippen molar-refractivity contribution in [1.29, 1.82) is 0 Å². The van der Waals surface area contributed by atoms with E-state index in [2.05, 4.69) is 10.6 Å². The van der Waals surface area contributed by atoms with Gasteiger partial charge in [0.1, 0.15) is 0 Å². The molecule has 1 aliphatic carbocycles. The first kappa shape index (κ1) is 18.0. The Morgan fingerprint density at radius 1 is 1.14 bits per heavy atom. The van der Waals surface area contributed by atoms with Gasteiger partial charge in [0.2, 0.25) is 5.91 Å². The zero-order valence-corrected chi connectivity index (χ0v) is 14.4. The Hall–Kier alpha value is -0.320. The van der Waals surface area contributed by atoms with Crippen LogP contribution in [0.2, 0.25) is 0 Å². The molecule has 0 radical (unpaired) electrons. The molecule has 2 aliphatic heterocycles. The standard InChI is InChI=1S/C17H30N2O2.ClH/c20-16(2-1-14-5-10-18-13-14)19-15-3-6-17(7-4-15)8-11-21-12-9-17;/h14-15,18H,1-13H2,(H,19,20);1H. The largest absolute Gasteiger partial charge is 0.381 e. The molecule has 0 aromatic rings. The van der Waals surface area contributed by atoms with Crippen molar-refractivity contribution < 1.29 is 9.53 Å². The van der Waals surface area contributed by atoms with Crippen LogP contribution in [0.5, 0.6) is 0 Å². The van der Waals surface area contributed by atoms with E-state index in [9.17, 15) is 4.79 Å². The predicted octanol–water partition coefficient (Wildman–Crippen LogP) is 2.65. The number of halogens is 1. The van der Waals surface area contributed by atoms with Crippen LogP contribution in [0.15, 0.2) is 0 Å². The topological polar surface area (TPSA) is 50.4 Å². The predicted molar refractivity (Wildman–Crippen MR) is 90.3 cm³/mol. The van der Waals surface area contributed by atoms with Gasteiger partial charge in [-0.15, -0.1) is 12.4 Å². The van der Waals surface area contributed by atoms with Gasteiger partial charge in [-0.05, 0) is 75.8 Å². The molecule has 0 aromatic carbocycles. The Bertz CT molecular complexity index is 343. The van der Waals surface area contributed by atoms with Gasteiger partial charge in [-0.2, -0.15) is 0 Å². The quantitative estimate of drug-likeness (QED) is 0.833. The first-order valence-corrected chi connectivity index (χ1v) is 8.84. The van der Waals surface area contributed by atoms with Gasteiger partial charge >= 0.3 is 0 Å². The molecule has 2 saturated heterocycles. The second kappa shape index (κ2) is 8.51. The lowest BCUT2D eigenvalue weighted by Crippen LogP contribution is -2.42. The van der Waals surface area contributed by atoms with Crippen molar-refractivity contribution in [3.8, 4) is 0 Å². The van der Waals surface area contributed by atoms with Gasteiger partial charge in [0, 0.05) is 25.7 Å². The molecule has 4 nitrogen and oxygen atoms in total. The molecule has 128 valence electrons. The van der Waals surface area contributed by atoms with Crippen molar-refractivity contribution in [2.75, 3.05) is 26.3 Å². The number of carbonyl (C=O) groups excluding carboxylic acids is 1. The van der Waals surface area contributed by atoms with Gasteiger partial charge in [-0.25, -0.2) is 0 Å². The van der Waals surface area contributed by atoms with E-state index in [-0.39, 0.29) is 18.3 Å². The number of amides is 1. The van der Waals surface area contributed by atoms with E-state index in [1.54, 1.807) is 0 Å². The second-order valence-electron chi connectivity index (χ2n) is 7.35. The first-order valence-electron chi connectivity index (χ1n) is 8.84. The fourth-order valence-corrected chi connectivity index (χ4v) is 4.27. The Balaban J connectivity index is 0.00000176. The van der Waals surface area contributed by atoms with Gasteiger partial charge in [0.25, 0.3) is 0 Å². The van der Waals surface area contributed by atoms with Crippen LogP contribution in [-0.2, 0) is 9.53 Å². The summed E-state index contributed by atoms with van der Waals surface area (Å²) in [6, 6.07) is 0.424. The lowest BCUT2D eigenvalue weighted by Gasteiger charge is -2.42.